The molecule has 0 fully saturated rings. The molecule has 0 rings (SSSR count). The Morgan fingerprint density at radius 2 is 1.75 bits per heavy atom. The van der Waals surface area contributed by atoms with Gasteiger partial charge in [-0.2, -0.15) is 13.2 Å². The zero-order valence-electron chi connectivity index (χ0n) is 9.77. The Labute approximate surface area is 94.2 Å². The van der Waals surface area contributed by atoms with E-state index < -0.39 is 18.2 Å². The van der Waals surface area contributed by atoms with E-state index in [4.69, 9.17) is 0 Å². The topological polar surface area (TPSA) is 26.3 Å². The van der Waals surface area contributed by atoms with E-state index in [9.17, 15) is 18.0 Å². The highest BCUT2D eigenvalue weighted by Gasteiger charge is 2.41. The number of halogens is 3. The van der Waals surface area contributed by atoms with Crippen molar-refractivity contribution in [2.75, 3.05) is 0 Å². The number of carbonyl (C=O) groups excluding carboxylic acids is 1. The number of carbonyl (C=O) groups is 1. The van der Waals surface area contributed by atoms with E-state index in [1.54, 1.807) is 0 Å². The van der Waals surface area contributed by atoms with Crippen molar-refractivity contribution < 1.29 is 22.7 Å². The smallest absolute Gasteiger partial charge is 0.425 e. The van der Waals surface area contributed by atoms with Gasteiger partial charge in [-0.05, 0) is 12.8 Å². The van der Waals surface area contributed by atoms with Crippen molar-refractivity contribution in [2.24, 2.45) is 0 Å². The molecule has 0 amide bonds. The summed E-state index contributed by atoms with van der Waals surface area (Å²) < 4.78 is 41.4. The molecular weight excluding hydrogens is 221 g/mol. The van der Waals surface area contributed by atoms with Crippen LogP contribution in [0.5, 0.6) is 0 Å². The molecule has 16 heavy (non-hydrogen) atoms. The maximum absolute atomic E-state index is 12.4. The molecule has 0 aromatic carbocycles. The second-order valence-electron chi connectivity index (χ2n) is 3.84. The molecule has 0 spiro atoms. The molecule has 0 aromatic heterocycles. The van der Waals surface area contributed by atoms with Crippen LogP contribution < -0.4 is 0 Å². The van der Waals surface area contributed by atoms with Gasteiger partial charge in [-0.1, -0.05) is 32.6 Å². The summed E-state index contributed by atoms with van der Waals surface area (Å²) in [4.78, 5) is 10.5. The fourth-order valence-corrected chi connectivity index (χ4v) is 1.42. The monoisotopic (exact) mass is 240 g/mol. The van der Waals surface area contributed by atoms with E-state index in [2.05, 4.69) is 4.74 Å². The van der Waals surface area contributed by atoms with Gasteiger partial charge in [-0.15, -0.1) is 0 Å². The molecule has 0 aliphatic rings. The van der Waals surface area contributed by atoms with Crippen LogP contribution >= 0.6 is 0 Å². The molecular formula is C11H19F3O2. The molecule has 0 heterocycles. The zero-order chi connectivity index (χ0) is 12.6. The first kappa shape index (κ1) is 15.3. The molecule has 2 nitrogen and oxygen atoms in total. The Morgan fingerprint density at radius 3 is 2.19 bits per heavy atom. The summed E-state index contributed by atoms with van der Waals surface area (Å²) in [5.74, 6) is -0.879. The van der Waals surface area contributed by atoms with Gasteiger partial charge in [-0.25, -0.2) is 0 Å². The highest BCUT2D eigenvalue weighted by Crippen LogP contribution is 2.27. The van der Waals surface area contributed by atoms with Crippen molar-refractivity contribution in [3.05, 3.63) is 0 Å². The van der Waals surface area contributed by atoms with Crippen LogP contribution in [0.3, 0.4) is 0 Å². The number of rotatable bonds is 7. The lowest BCUT2D eigenvalue weighted by Crippen LogP contribution is -2.33. The van der Waals surface area contributed by atoms with Gasteiger partial charge in [0.15, 0.2) is 6.10 Å². The predicted molar refractivity (Wildman–Crippen MR) is 55.0 cm³/mol. The Bertz CT molecular complexity index is 202. The first-order valence-electron chi connectivity index (χ1n) is 5.61. The Kier molecular flexibility index (Phi) is 7.17. The molecule has 5 heteroatoms. The fourth-order valence-electron chi connectivity index (χ4n) is 1.42. The van der Waals surface area contributed by atoms with E-state index >= 15 is 0 Å². The predicted octanol–water partition coefficient (Wildman–Crippen LogP) is 3.84. The van der Waals surface area contributed by atoms with Gasteiger partial charge in [-0.3, -0.25) is 4.79 Å². The Balaban J connectivity index is 3.89. The van der Waals surface area contributed by atoms with Crippen molar-refractivity contribution in [3.63, 3.8) is 0 Å². The van der Waals surface area contributed by atoms with E-state index in [0.29, 0.717) is 6.42 Å². The van der Waals surface area contributed by atoms with Crippen LogP contribution in [0.15, 0.2) is 0 Å². The second kappa shape index (κ2) is 7.52. The number of hydrogen-bond acceptors (Lipinski definition) is 2. The maximum atomic E-state index is 12.4. The quantitative estimate of drug-likeness (QED) is 0.499. The normalized spacial score (nSPS) is 13.6. The van der Waals surface area contributed by atoms with Crippen LogP contribution in [0.1, 0.15) is 52.4 Å². The molecule has 0 saturated carbocycles. The first-order valence-corrected chi connectivity index (χ1v) is 5.61. The summed E-state index contributed by atoms with van der Waals surface area (Å²) in [5, 5.41) is 0. The minimum Gasteiger partial charge on any atom is -0.453 e. The number of esters is 1. The van der Waals surface area contributed by atoms with Crippen LogP contribution in [0.4, 0.5) is 13.2 Å². The van der Waals surface area contributed by atoms with Crippen LogP contribution in [0.2, 0.25) is 0 Å². The average molecular weight is 240 g/mol. The third kappa shape index (κ3) is 7.54. The Morgan fingerprint density at radius 1 is 1.19 bits per heavy atom. The van der Waals surface area contributed by atoms with Gasteiger partial charge in [0.05, 0.1) is 0 Å². The lowest BCUT2D eigenvalue weighted by atomic mass is 10.1. The SMILES string of the molecule is CCCCCCC[C@H](OC(C)=O)C(F)(F)F. The minimum absolute atomic E-state index is 0.132. The van der Waals surface area contributed by atoms with Gasteiger partial charge in [0, 0.05) is 6.92 Å². The van der Waals surface area contributed by atoms with E-state index in [1.165, 1.54) is 0 Å². The van der Waals surface area contributed by atoms with E-state index in [-0.39, 0.29) is 6.42 Å². The summed E-state index contributed by atoms with van der Waals surface area (Å²) in [6.45, 7) is 3.03. The molecule has 0 bridgehead atoms. The van der Waals surface area contributed by atoms with E-state index in [1.807, 2.05) is 6.92 Å². The largest absolute Gasteiger partial charge is 0.453 e. The molecule has 0 aliphatic heterocycles. The van der Waals surface area contributed by atoms with Gasteiger partial charge < -0.3 is 4.74 Å². The van der Waals surface area contributed by atoms with Crippen LogP contribution in [-0.4, -0.2) is 18.2 Å². The summed E-state index contributed by atoms with van der Waals surface area (Å²) in [6, 6.07) is 0. The van der Waals surface area contributed by atoms with Crippen molar-refractivity contribution >= 4 is 5.97 Å². The standard InChI is InChI=1S/C11H19F3O2/c1-3-4-5-6-7-8-10(11(12,13)14)16-9(2)15/h10H,3-8H2,1-2H3/t10-/m0/s1. The van der Waals surface area contributed by atoms with Crippen molar-refractivity contribution in [1.82, 2.24) is 0 Å². The zero-order valence-corrected chi connectivity index (χ0v) is 9.77. The van der Waals surface area contributed by atoms with Crippen LogP contribution in [0.25, 0.3) is 0 Å². The van der Waals surface area contributed by atoms with Crippen molar-refractivity contribution in [1.29, 1.82) is 0 Å². The molecule has 0 radical (unpaired) electrons. The summed E-state index contributed by atoms with van der Waals surface area (Å²) in [6.07, 6.45) is -2.31. The van der Waals surface area contributed by atoms with Crippen molar-refractivity contribution in [3.8, 4) is 0 Å². The lowest BCUT2D eigenvalue weighted by Gasteiger charge is -2.19. The fraction of sp³-hybridized carbons (Fsp3) is 0.909. The van der Waals surface area contributed by atoms with E-state index in [0.717, 1.165) is 32.6 Å². The summed E-state index contributed by atoms with van der Waals surface area (Å²) in [5.41, 5.74) is 0. The van der Waals surface area contributed by atoms with Gasteiger partial charge in [0.1, 0.15) is 0 Å². The highest BCUT2D eigenvalue weighted by atomic mass is 19.4. The molecule has 0 saturated heterocycles. The number of alkyl halides is 3. The average Bonchev–Trinajstić information content (AvgIpc) is 2.13. The van der Waals surface area contributed by atoms with Crippen molar-refractivity contribution in [2.45, 2.75) is 64.7 Å². The summed E-state index contributed by atoms with van der Waals surface area (Å²) in [7, 11) is 0. The number of ether oxygens (including phenoxy) is 1. The van der Waals surface area contributed by atoms with Gasteiger partial charge in [0.25, 0.3) is 0 Å². The molecule has 0 aliphatic carbocycles. The molecule has 0 N–H and O–H groups in total. The maximum Gasteiger partial charge on any atom is 0.425 e. The molecule has 1 atom stereocenters. The third-order valence-electron chi connectivity index (χ3n) is 2.24. The minimum atomic E-state index is -4.45. The Hall–Kier alpha value is -0.740. The third-order valence-corrected chi connectivity index (χ3v) is 2.24. The molecule has 0 aromatic rings. The number of hydrogen-bond donors (Lipinski definition) is 0. The second-order valence-corrected chi connectivity index (χ2v) is 3.84. The van der Waals surface area contributed by atoms with Crippen LogP contribution in [-0.2, 0) is 9.53 Å². The molecule has 0 unspecified atom stereocenters. The van der Waals surface area contributed by atoms with Gasteiger partial charge >= 0.3 is 12.1 Å². The molecule has 96 valence electrons. The first-order chi connectivity index (χ1) is 7.38. The van der Waals surface area contributed by atoms with Crippen LogP contribution in [0, 0.1) is 0 Å². The van der Waals surface area contributed by atoms with Gasteiger partial charge in [0.2, 0.25) is 0 Å². The summed E-state index contributed by atoms with van der Waals surface area (Å²) >= 11 is 0. The lowest BCUT2D eigenvalue weighted by molar-refractivity contribution is -0.221. The highest BCUT2D eigenvalue weighted by molar-refractivity contribution is 5.66. The number of unbranched alkanes of at least 4 members (excludes halogenated alkanes) is 4.